The highest BCUT2D eigenvalue weighted by molar-refractivity contribution is 7.98. The fourth-order valence-electron chi connectivity index (χ4n) is 2.35. The molecule has 0 spiro atoms. The van der Waals surface area contributed by atoms with Gasteiger partial charge in [0.1, 0.15) is 0 Å². The summed E-state index contributed by atoms with van der Waals surface area (Å²) in [6.07, 6.45) is 1.11. The number of aliphatic hydroxyl groups is 1. The molecule has 2 aromatic rings. The molecular formula is C19H22N2O3S. The van der Waals surface area contributed by atoms with Gasteiger partial charge in [-0.3, -0.25) is 9.59 Å². The van der Waals surface area contributed by atoms with E-state index in [4.69, 9.17) is 0 Å². The highest BCUT2D eigenvalue weighted by Gasteiger charge is 2.16. The van der Waals surface area contributed by atoms with Crippen molar-refractivity contribution in [3.05, 3.63) is 59.2 Å². The third kappa shape index (κ3) is 5.34. The Morgan fingerprint density at radius 2 is 1.76 bits per heavy atom. The standard InChI is InChI=1S/C19H22N2O3S/c1-12-4-9-16(13(2)10-12)21-19(24)18(23)20-11-17(22)14-5-7-15(25-3)8-6-14/h4-10,17,22H,11H2,1-3H3,(H,20,23)(H,21,24). The van der Waals surface area contributed by atoms with Gasteiger partial charge in [-0.1, -0.05) is 29.8 Å². The van der Waals surface area contributed by atoms with Crippen molar-refractivity contribution in [2.24, 2.45) is 0 Å². The lowest BCUT2D eigenvalue weighted by atomic mass is 10.1. The zero-order valence-corrected chi connectivity index (χ0v) is 15.3. The van der Waals surface area contributed by atoms with Crippen LogP contribution in [-0.2, 0) is 9.59 Å². The van der Waals surface area contributed by atoms with E-state index in [2.05, 4.69) is 10.6 Å². The van der Waals surface area contributed by atoms with Crippen molar-refractivity contribution >= 4 is 29.3 Å². The van der Waals surface area contributed by atoms with Crippen molar-refractivity contribution < 1.29 is 14.7 Å². The summed E-state index contributed by atoms with van der Waals surface area (Å²) in [7, 11) is 0. The maximum absolute atomic E-state index is 12.0. The Hall–Kier alpha value is -2.31. The zero-order valence-electron chi connectivity index (χ0n) is 14.5. The molecule has 2 amide bonds. The number of rotatable bonds is 5. The summed E-state index contributed by atoms with van der Waals surface area (Å²) in [4.78, 5) is 25.0. The number of nitrogens with one attached hydrogen (secondary N) is 2. The van der Waals surface area contributed by atoms with E-state index in [1.807, 2.05) is 44.4 Å². The molecule has 132 valence electrons. The number of aliphatic hydroxyl groups excluding tert-OH is 1. The molecule has 0 aliphatic rings. The van der Waals surface area contributed by atoms with E-state index in [1.165, 1.54) is 0 Å². The van der Waals surface area contributed by atoms with E-state index >= 15 is 0 Å². The van der Waals surface area contributed by atoms with Crippen LogP contribution < -0.4 is 10.6 Å². The SMILES string of the molecule is CSc1ccc(C(O)CNC(=O)C(=O)Nc2ccc(C)cc2C)cc1. The number of hydrogen-bond acceptors (Lipinski definition) is 4. The monoisotopic (exact) mass is 358 g/mol. The third-order valence-electron chi connectivity index (χ3n) is 3.79. The molecule has 0 radical (unpaired) electrons. The molecule has 0 saturated carbocycles. The number of carbonyl (C=O) groups is 2. The quantitative estimate of drug-likeness (QED) is 0.567. The Labute approximate surface area is 151 Å². The molecule has 25 heavy (non-hydrogen) atoms. The lowest BCUT2D eigenvalue weighted by Gasteiger charge is -2.13. The molecule has 0 bridgehead atoms. The van der Waals surface area contributed by atoms with Crippen LogP contribution in [0.4, 0.5) is 5.69 Å². The van der Waals surface area contributed by atoms with Crippen LogP contribution in [0, 0.1) is 13.8 Å². The second-order valence-corrected chi connectivity index (χ2v) is 6.65. The van der Waals surface area contributed by atoms with E-state index in [1.54, 1.807) is 30.0 Å². The molecule has 0 aromatic heterocycles. The van der Waals surface area contributed by atoms with Gasteiger partial charge in [-0.25, -0.2) is 0 Å². The summed E-state index contributed by atoms with van der Waals surface area (Å²) in [5.74, 6) is -1.53. The number of aryl methyl sites for hydroxylation is 2. The number of hydrogen-bond donors (Lipinski definition) is 3. The number of amides is 2. The normalized spacial score (nSPS) is 11.7. The Kier molecular flexibility index (Phi) is 6.61. The molecular weight excluding hydrogens is 336 g/mol. The lowest BCUT2D eigenvalue weighted by Crippen LogP contribution is -2.37. The molecule has 0 aliphatic heterocycles. The number of benzene rings is 2. The Balaban J connectivity index is 1.88. The number of carbonyl (C=O) groups excluding carboxylic acids is 2. The first-order chi connectivity index (χ1) is 11.9. The maximum atomic E-state index is 12.0. The average Bonchev–Trinajstić information content (AvgIpc) is 2.61. The number of anilines is 1. The second-order valence-electron chi connectivity index (χ2n) is 5.77. The van der Waals surface area contributed by atoms with Crippen LogP contribution in [0.3, 0.4) is 0 Å². The van der Waals surface area contributed by atoms with Crippen LogP contribution in [0.5, 0.6) is 0 Å². The maximum Gasteiger partial charge on any atom is 0.313 e. The summed E-state index contributed by atoms with van der Waals surface area (Å²) >= 11 is 1.61. The van der Waals surface area contributed by atoms with Crippen LogP contribution in [-0.4, -0.2) is 29.7 Å². The summed E-state index contributed by atoms with van der Waals surface area (Å²) in [5, 5.41) is 15.2. The van der Waals surface area contributed by atoms with E-state index in [0.29, 0.717) is 11.3 Å². The van der Waals surface area contributed by atoms with Gasteiger partial charge in [0.15, 0.2) is 0 Å². The molecule has 5 nitrogen and oxygen atoms in total. The fraction of sp³-hybridized carbons (Fsp3) is 0.263. The van der Waals surface area contributed by atoms with E-state index in [-0.39, 0.29) is 6.54 Å². The summed E-state index contributed by atoms with van der Waals surface area (Å²) in [6, 6.07) is 13.0. The van der Waals surface area contributed by atoms with Gasteiger partial charge in [0.25, 0.3) is 0 Å². The van der Waals surface area contributed by atoms with E-state index in [9.17, 15) is 14.7 Å². The van der Waals surface area contributed by atoms with Gasteiger partial charge in [-0.05, 0) is 49.4 Å². The van der Waals surface area contributed by atoms with Gasteiger partial charge < -0.3 is 15.7 Å². The topological polar surface area (TPSA) is 78.4 Å². The predicted octanol–water partition coefficient (Wildman–Crippen LogP) is 2.81. The molecule has 0 heterocycles. The van der Waals surface area contributed by atoms with E-state index < -0.39 is 17.9 Å². The molecule has 2 aromatic carbocycles. The third-order valence-corrected chi connectivity index (χ3v) is 4.54. The van der Waals surface area contributed by atoms with Crippen molar-refractivity contribution in [3.8, 4) is 0 Å². The molecule has 0 aliphatic carbocycles. The van der Waals surface area contributed by atoms with Gasteiger partial charge in [-0.2, -0.15) is 0 Å². The molecule has 2 rings (SSSR count). The second kappa shape index (κ2) is 8.69. The van der Waals surface area contributed by atoms with Crippen molar-refractivity contribution in [2.45, 2.75) is 24.8 Å². The molecule has 3 N–H and O–H groups in total. The van der Waals surface area contributed by atoms with Gasteiger partial charge in [0.2, 0.25) is 0 Å². The van der Waals surface area contributed by atoms with Gasteiger partial charge in [0, 0.05) is 17.1 Å². The lowest BCUT2D eigenvalue weighted by molar-refractivity contribution is -0.136. The predicted molar refractivity (Wildman–Crippen MR) is 101 cm³/mol. The smallest absolute Gasteiger partial charge is 0.313 e. The fourth-order valence-corrected chi connectivity index (χ4v) is 2.75. The van der Waals surface area contributed by atoms with Crippen molar-refractivity contribution in [3.63, 3.8) is 0 Å². The van der Waals surface area contributed by atoms with Crippen molar-refractivity contribution in [2.75, 3.05) is 18.1 Å². The van der Waals surface area contributed by atoms with Crippen LogP contribution >= 0.6 is 11.8 Å². The minimum absolute atomic E-state index is 0.0300. The molecule has 1 atom stereocenters. The first-order valence-electron chi connectivity index (χ1n) is 7.89. The van der Waals surface area contributed by atoms with Crippen LogP contribution in [0.1, 0.15) is 22.8 Å². The Morgan fingerprint density at radius 1 is 1.08 bits per heavy atom. The average molecular weight is 358 g/mol. The van der Waals surface area contributed by atoms with Crippen molar-refractivity contribution in [1.82, 2.24) is 5.32 Å². The number of thioether (sulfide) groups is 1. The highest BCUT2D eigenvalue weighted by atomic mass is 32.2. The summed E-state index contributed by atoms with van der Waals surface area (Å²) < 4.78 is 0. The van der Waals surface area contributed by atoms with Gasteiger partial charge in [0.05, 0.1) is 6.10 Å². The molecule has 0 fully saturated rings. The Morgan fingerprint density at radius 3 is 2.36 bits per heavy atom. The van der Waals surface area contributed by atoms with Gasteiger partial charge >= 0.3 is 11.8 Å². The first-order valence-corrected chi connectivity index (χ1v) is 9.11. The summed E-state index contributed by atoms with van der Waals surface area (Å²) in [5.41, 5.74) is 3.25. The van der Waals surface area contributed by atoms with Crippen LogP contribution in [0.15, 0.2) is 47.4 Å². The zero-order chi connectivity index (χ0) is 18.4. The van der Waals surface area contributed by atoms with Crippen molar-refractivity contribution in [1.29, 1.82) is 0 Å². The highest BCUT2D eigenvalue weighted by Crippen LogP contribution is 2.19. The first kappa shape index (κ1) is 19.0. The molecule has 6 heteroatoms. The summed E-state index contributed by atoms with van der Waals surface area (Å²) in [6.45, 7) is 3.79. The van der Waals surface area contributed by atoms with E-state index in [0.717, 1.165) is 16.0 Å². The largest absolute Gasteiger partial charge is 0.387 e. The Bertz CT molecular complexity index is 760. The van der Waals surface area contributed by atoms with Crippen LogP contribution in [0.2, 0.25) is 0 Å². The molecule has 0 saturated heterocycles. The van der Waals surface area contributed by atoms with Crippen LogP contribution in [0.25, 0.3) is 0 Å². The minimum Gasteiger partial charge on any atom is -0.387 e. The van der Waals surface area contributed by atoms with Gasteiger partial charge in [-0.15, -0.1) is 11.8 Å². The molecule has 1 unspecified atom stereocenters. The minimum atomic E-state index is -0.867.